The maximum atomic E-state index is 14.3. The Balaban J connectivity index is 1.07. The Morgan fingerprint density at radius 3 is 2.33 bits per heavy atom. The molecule has 2 aromatic rings. The zero-order chi connectivity index (χ0) is 31.4. The Bertz CT molecular complexity index is 1320. The highest BCUT2D eigenvalue weighted by molar-refractivity contribution is 6.00. The highest BCUT2D eigenvalue weighted by Crippen LogP contribution is 2.61. The second kappa shape index (κ2) is 13.5. The number of amides is 3. The average molecular weight is 615 g/mol. The van der Waals surface area contributed by atoms with Crippen molar-refractivity contribution < 1.29 is 19.1 Å². The number of likely N-dealkylation sites (tertiary alicyclic amines) is 1. The summed E-state index contributed by atoms with van der Waals surface area (Å²) in [6, 6.07) is 19.5. The van der Waals surface area contributed by atoms with E-state index in [1.54, 1.807) is 0 Å². The fraction of sp³-hybridized carbons (Fsp3) is 0.595. The van der Waals surface area contributed by atoms with Gasteiger partial charge in [-0.05, 0) is 85.7 Å². The molecule has 2 heterocycles. The average Bonchev–Trinajstić information content (AvgIpc) is 3.07. The molecule has 4 atom stereocenters. The molecule has 2 saturated heterocycles. The summed E-state index contributed by atoms with van der Waals surface area (Å²) in [5, 5.41) is 5.94. The van der Waals surface area contributed by atoms with Gasteiger partial charge in [-0.15, -0.1) is 0 Å². The minimum atomic E-state index is -0.777. The Hall–Kier alpha value is -3.39. The highest BCUT2D eigenvalue weighted by atomic mass is 16.5. The molecule has 5 fully saturated rings. The Morgan fingerprint density at radius 1 is 0.978 bits per heavy atom. The van der Waals surface area contributed by atoms with Crippen LogP contribution in [0.4, 0.5) is 4.79 Å². The van der Waals surface area contributed by atoms with Crippen molar-refractivity contribution in [2.45, 2.75) is 83.4 Å². The Morgan fingerprint density at radius 2 is 1.67 bits per heavy atom. The number of carbonyl (C=O) groups excluding carboxylic acids is 3. The molecule has 0 aromatic heterocycles. The van der Waals surface area contributed by atoms with Gasteiger partial charge in [0.05, 0.1) is 0 Å². The highest BCUT2D eigenvalue weighted by Gasteiger charge is 2.58. The molecule has 3 aliphatic carbocycles. The molecule has 2 N–H and O–H groups in total. The number of alkyl carbamates (subject to hydrolysis) is 1. The van der Waals surface area contributed by atoms with E-state index in [0.29, 0.717) is 56.0 Å². The molecule has 0 radical (unpaired) electrons. The van der Waals surface area contributed by atoms with E-state index in [9.17, 15) is 14.4 Å². The summed E-state index contributed by atoms with van der Waals surface area (Å²) in [4.78, 5) is 45.0. The largest absolute Gasteiger partial charge is 0.445 e. The van der Waals surface area contributed by atoms with E-state index in [-0.39, 0.29) is 18.4 Å². The Labute approximate surface area is 268 Å². The number of piperazine rings is 1. The number of piperidine rings is 1. The van der Waals surface area contributed by atoms with Crippen LogP contribution in [0.1, 0.15) is 69.9 Å². The summed E-state index contributed by atoms with van der Waals surface area (Å²) in [7, 11) is 0. The molecule has 8 heteroatoms. The first-order valence-corrected chi connectivity index (χ1v) is 17.1. The Kier molecular flexibility index (Phi) is 9.50. The number of nitrogens with zero attached hydrogens (tertiary/aromatic N) is 2. The van der Waals surface area contributed by atoms with E-state index in [1.165, 1.54) is 18.4 Å². The van der Waals surface area contributed by atoms with Gasteiger partial charge in [-0.3, -0.25) is 9.59 Å². The third kappa shape index (κ3) is 6.76. The van der Waals surface area contributed by atoms with E-state index in [0.717, 1.165) is 44.0 Å². The van der Waals surface area contributed by atoms with Crippen molar-refractivity contribution in [1.29, 1.82) is 0 Å². The molecule has 1 spiro atoms. The number of hydrogen-bond acceptors (Lipinski definition) is 5. The molecule has 242 valence electrons. The first-order valence-electron chi connectivity index (χ1n) is 17.1. The summed E-state index contributed by atoms with van der Waals surface area (Å²) in [6.07, 6.45) is 6.53. The third-order valence-corrected chi connectivity index (χ3v) is 11.6. The van der Waals surface area contributed by atoms with Crippen LogP contribution >= 0.6 is 0 Å². The smallest absolute Gasteiger partial charge is 0.407 e. The number of carbonyl (C=O) groups is 3. The van der Waals surface area contributed by atoms with Crippen LogP contribution in [0.3, 0.4) is 0 Å². The maximum absolute atomic E-state index is 14.3. The SMILES string of the molecule is CC1(C)C2C[C@@H]1CC[C@@H]2CN1C(=O)[C@H](CCCNC(=O)OCc2ccccc2)NC(=O)C12CCN(CCc1ccccc1)CC2. The molecule has 5 aliphatic rings. The van der Waals surface area contributed by atoms with Crippen LogP contribution in [0.2, 0.25) is 0 Å². The summed E-state index contributed by atoms with van der Waals surface area (Å²) in [5.74, 6) is 1.90. The lowest BCUT2D eigenvalue weighted by Crippen LogP contribution is -2.74. The molecule has 2 aromatic carbocycles. The van der Waals surface area contributed by atoms with Crippen LogP contribution < -0.4 is 10.6 Å². The number of benzene rings is 2. The molecule has 45 heavy (non-hydrogen) atoms. The lowest BCUT2D eigenvalue weighted by atomic mass is 9.45. The molecule has 1 unspecified atom stereocenters. The van der Waals surface area contributed by atoms with Gasteiger partial charge in [0.15, 0.2) is 0 Å². The zero-order valence-electron chi connectivity index (χ0n) is 27.0. The lowest BCUT2D eigenvalue weighted by molar-refractivity contribution is -0.168. The van der Waals surface area contributed by atoms with Crippen LogP contribution in [0.15, 0.2) is 60.7 Å². The monoisotopic (exact) mass is 614 g/mol. The van der Waals surface area contributed by atoms with E-state index in [4.69, 9.17) is 4.74 Å². The van der Waals surface area contributed by atoms with Gasteiger partial charge < -0.3 is 25.2 Å². The zero-order valence-corrected chi connectivity index (χ0v) is 27.0. The van der Waals surface area contributed by atoms with Crippen molar-refractivity contribution in [3.8, 4) is 0 Å². The summed E-state index contributed by atoms with van der Waals surface area (Å²) >= 11 is 0. The number of rotatable bonds is 11. The van der Waals surface area contributed by atoms with Crippen molar-refractivity contribution in [3.05, 3.63) is 71.8 Å². The maximum Gasteiger partial charge on any atom is 0.407 e. The van der Waals surface area contributed by atoms with Crippen LogP contribution in [-0.4, -0.2) is 72.0 Å². The van der Waals surface area contributed by atoms with Gasteiger partial charge in [0, 0.05) is 32.7 Å². The first kappa shape index (κ1) is 31.6. The summed E-state index contributed by atoms with van der Waals surface area (Å²) in [5.41, 5.74) is 1.79. The first-order chi connectivity index (χ1) is 21.8. The fourth-order valence-corrected chi connectivity index (χ4v) is 8.60. The van der Waals surface area contributed by atoms with E-state index < -0.39 is 17.7 Å². The van der Waals surface area contributed by atoms with Gasteiger partial charge in [0.2, 0.25) is 11.8 Å². The molecule has 2 aliphatic heterocycles. The van der Waals surface area contributed by atoms with E-state index in [1.807, 2.05) is 41.3 Å². The van der Waals surface area contributed by atoms with Crippen molar-refractivity contribution in [2.24, 2.45) is 23.2 Å². The fourth-order valence-electron chi connectivity index (χ4n) is 8.60. The van der Waals surface area contributed by atoms with Gasteiger partial charge >= 0.3 is 6.09 Å². The standard InChI is InChI=1S/C37H50N4O4/c1-36(2)30-16-15-29(31(36)24-30)25-41-33(42)32(14-9-20-38-35(44)45-26-28-12-7-4-8-13-28)39-34(43)37(41)18-22-40(23-19-37)21-17-27-10-5-3-6-11-27/h3-8,10-13,29-32H,9,14-26H2,1-2H3,(H,38,44)(H,39,43)/t29-,30+,31?,32+/m1/s1. The molecule has 2 bridgehead atoms. The summed E-state index contributed by atoms with van der Waals surface area (Å²) in [6.45, 7) is 8.64. The van der Waals surface area contributed by atoms with Gasteiger partial charge in [0.25, 0.3) is 0 Å². The molecular formula is C37H50N4O4. The number of nitrogens with one attached hydrogen (secondary N) is 2. The number of fused-ring (bicyclic) bond motifs is 2. The number of hydrogen-bond donors (Lipinski definition) is 2. The van der Waals surface area contributed by atoms with E-state index >= 15 is 0 Å². The van der Waals surface area contributed by atoms with Gasteiger partial charge in [-0.1, -0.05) is 74.5 Å². The van der Waals surface area contributed by atoms with E-state index in [2.05, 4.69) is 53.6 Å². The minimum absolute atomic E-state index is 0.00611. The molecule has 3 amide bonds. The van der Waals surface area contributed by atoms with Crippen LogP contribution in [-0.2, 0) is 27.4 Å². The van der Waals surface area contributed by atoms with Crippen molar-refractivity contribution in [2.75, 3.05) is 32.7 Å². The summed E-state index contributed by atoms with van der Waals surface area (Å²) < 4.78 is 5.32. The molecule has 8 nitrogen and oxygen atoms in total. The van der Waals surface area contributed by atoms with Crippen molar-refractivity contribution in [1.82, 2.24) is 20.4 Å². The quantitative estimate of drug-likeness (QED) is 0.341. The predicted octanol–water partition coefficient (Wildman–Crippen LogP) is 5.17. The van der Waals surface area contributed by atoms with Crippen molar-refractivity contribution >= 4 is 17.9 Å². The van der Waals surface area contributed by atoms with Gasteiger partial charge in [-0.2, -0.15) is 0 Å². The second-order valence-electron chi connectivity index (χ2n) is 14.4. The van der Waals surface area contributed by atoms with Crippen LogP contribution in [0, 0.1) is 23.2 Å². The minimum Gasteiger partial charge on any atom is -0.445 e. The third-order valence-electron chi connectivity index (χ3n) is 11.6. The molecule has 7 rings (SSSR count). The normalized spacial score (nSPS) is 27.0. The number of ether oxygens (including phenoxy) is 1. The second-order valence-corrected chi connectivity index (χ2v) is 14.4. The predicted molar refractivity (Wildman–Crippen MR) is 174 cm³/mol. The molecular weight excluding hydrogens is 564 g/mol. The van der Waals surface area contributed by atoms with Crippen molar-refractivity contribution in [3.63, 3.8) is 0 Å². The lowest BCUT2D eigenvalue weighted by Gasteiger charge is -2.62. The van der Waals surface area contributed by atoms with Gasteiger partial charge in [-0.25, -0.2) is 4.79 Å². The molecule has 3 saturated carbocycles. The van der Waals surface area contributed by atoms with Crippen LogP contribution in [0.5, 0.6) is 0 Å². The topological polar surface area (TPSA) is 91.0 Å². The van der Waals surface area contributed by atoms with Gasteiger partial charge in [0.1, 0.15) is 18.2 Å². The van der Waals surface area contributed by atoms with Crippen LogP contribution in [0.25, 0.3) is 0 Å².